The largest absolute Gasteiger partial charge is 0.300 e. The van der Waals surface area contributed by atoms with Gasteiger partial charge < -0.3 is 0 Å². The summed E-state index contributed by atoms with van der Waals surface area (Å²) >= 11 is 1.82. The summed E-state index contributed by atoms with van der Waals surface area (Å²) in [7, 11) is 0. The Morgan fingerprint density at radius 3 is 3.11 bits per heavy atom. The monoisotopic (exact) mass is 273 g/mol. The molecule has 1 unspecified atom stereocenters. The summed E-state index contributed by atoms with van der Waals surface area (Å²) < 4.78 is 1.36. The van der Waals surface area contributed by atoms with Gasteiger partial charge >= 0.3 is 0 Å². The van der Waals surface area contributed by atoms with Crippen molar-refractivity contribution in [1.29, 1.82) is 0 Å². The number of nitrogens with zero attached hydrogens (tertiary/aromatic N) is 1. The number of likely N-dealkylation sites (tertiary alicyclic amines) is 1. The van der Waals surface area contributed by atoms with Crippen LogP contribution in [-0.4, -0.2) is 23.3 Å². The van der Waals surface area contributed by atoms with Gasteiger partial charge in [0.25, 0.3) is 0 Å². The van der Waals surface area contributed by atoms with Crippen LogP contribution >= 0.6 is 11.3 Å². The first-order chi connectivity index (χ1) is 9.24. The Hall–Kier alpha value is -1.19. The summed E-state index contributed by atoms with van der Waals surface area (Å²) in [6.07, 6.45) is 3.10. The Balaban J connectivity index is 1.78. The first-order valence-electron chi connectivity index (χ1n) is 6.92. The fourth-order valence-corrected chi connectivity index (χ4v) is 3.99. The van der Waals surface area contributed by atoms with Crippen LogP contribution in [-0.2, 0) is 11.3 Å². The summed E-state index contributed by atoms with van der Waals surface area (Å²) in [4.78, 5) is 13.8. The Bertz CT molecular complexity index is 589. The van der Waals surface area contributed by atoms with Crippen molar-refractivity contribution in [3.63, 3.8) is 0 Å². The van der Waals surface area contributed by atoms with Crippen LogP contribution in [0.2, 0.25) is 0 Å². The van der Waals surface area contributed by atoms with E-state index in [1.54, 1.807) is 6.92 Å². The van der Waals surface area contributed by atoms with E-state index in [0.717, 1.165) is 13.1 Å². The second kappa shape index (κ2) is 5.43. The molecule has 2 nitrogen and oxygen atoms in total. The number of thiophene rings is 1. The third-order valence-electron chi connectivity index (χ3n) is 3.96. The zero-order valence-corrected chi connectivity index (χ0v) is 12.1. The van der Waals surface area contributed by atoms with E-state index in [2.05, 4.69) is 34.5 Å². The highest BCUT2D eigenvalue weighted by molar-refractivity contribution is 7.17. The number of carbonyl (C=O) groups excluding carboxylic acids is 1. The third kappa shape index (κ3) is 2.72. The molecule has 1 aromatic heterocycles. The fraction of sp³-hybridized carbons (Fsp3) is 0.438. The van der Waals surface area contributed by atoms with Gasteiger partial charge in [0.15, 0.2) is 0 Å². The molecule has 0 saturated carbocycles. The molecule has 1 saturated heterocycles. The molecule has 3 rings (SSSR count). The molecule has 0 radical (unpaired) electrons. The highest BCUT2D eigenvalue weighted by atomic mass is 32.1. The van der Waals surface area contributed by atoms with Gasteiger partial charge in [-0.25, -0.2) is 0 Å². The Morgan fingerprint density at radius 2 is 2.26 bits per heavy atom. The Labute approximate surface area is 118 Å². The van der Waals surface area contributed by atoms with E-state index in [0.29, 0.717) is 18.2 Å². The molecule has 1 aliphatic rings. The maximum atomic E-state index is 11.3. The van der Waals surface area contributed by atoms with Crippen molar-refractivity contribution in [1.82, 2.24) is 4.90 Å². The van der Waals surface area contributed by atoms with E-state index < -0.39 is 0 Å². The van der Waals surface area contributed by atoms with Crippen molar-refractivity contribution >= 4 is 27.2 Å². The van der Waals surface area contributed by atoms with Gasteiger partial charge in [-0.2, -0.15) is 0 Å². The van der Waals surface area contributed by atoms with Gasteiger partial charge in [0.05, 0.1) is 0 Å². The van der Waals surface area contributed by atoms with Crippen molar-refractivity contribution in [2.75, 3.05) is 6.54 Å². The molecule has 0 amide bonds. The number of rotatable bonds is 4. The lowest BCUT2D eigenvalue weighted by Crippen LogP contribution is -2.30. The summed E-state index contributed by atoms with van der Waals surface area (Å²) in [5.41, 5.74) is 1.41. The first-order valence-corrected chi connectivity index (χ1v) is 7.80. The topological polar surface area (TPSA) is 20.3 Å². The van der Waals surface area contributed by atoms with Crippen molar-refractivity contribution in [3.8, 4) is 0 Å². The van der Waals surface area contributed by atoms with Crippen LogP contribution in [0.4, 0.5) is 0 Å². The molecule has 0 N–H and O–H groups in total. The summed E-state index contributed by atoms with van der Waals surface area (Å²) in [6.45, 7) is 3.82. The van der Waals surface area contributed by atoms with Crippen LogP contribution in [0.3, 0.4) is 0 Å². The molecular weight excluding hydrogens is 254 g/mol. The van der Waals surface area contributed by atoms with Gasteiger partial charge in [0, 0.05) is 23.7 Å². The molecule has 0 aliphatic carbocycles. The second-order valence-corrected chi connectivity index (χ2v) is 6.34. The maximum Gasteiger partial charge on any atom is 0.131 e. The predicted octanol–water partition coefficient (Wildman–Crippen LogP) is 3.84. The van der Waals surface area contributed by atoms with Gasteiger partial charge in [-0.15, -0.1) is 11.3 Å². The highest BCUT2D eigenvalue weighted by Crippen LogP contribution is 2.29. The van der Waals surface area contributed by atoms with E-state index in [1.165, 1.54) is 28.5 Å². The molecule has 0 bridgehead atoms. The molecule has 2 heterocycles. The summed E-state index contributed by atoms with van der Waals surface area (Å²) in [6, 6.07) is 9.04. The van der Waals surface area contributed by atoms with E-state index in [9.17, 15) is 4.79 Å². The molecule has 3 heteroatoms. The lowest BCUT2D eigenvalue weighted by atomic mass is 10.1. The van der Waals surface area contributed by atoms with Crippen LogP contribution in [0.1, 0.15) is 31.7 Å². The van der Waals surface area contributed by atoms with Gasteiger partial charge in [-0.3, -0.25) is 9.69 Å². The Kier molecular flexibility index (Phi) is 3.67. The second-order valence-electron chi connectivity index (χ2n) is 5.43. The quantitative estimate of drug-likeness (QED) is 0.843. The van der Waals surface area contributed by atoms with Crippen LogP contribution in [0.15, 0.2) is 29.6 Å². The molecule has 1 fully saturated rings. The van der Waals surface area contributed by atoms with Gasteiger partial charge in [0.2, 0.25) is 0 Å². The first kappa shape index (κ1) is 12.8. The summed E-state index contributed by atoms with van der Waals surface area (Å²) in [5.74, 6) is 0.312. The average Bonchev–Trinajstić information content (AvgIpc) is 2.98. The van der Waals surface area contributed by atoms with Crippen LogP contribution in [0.5, 0.6) is 0 Å². The molecule has 1 aliphatic heterocycles. The molecule has 1 aromatic carbocycles. The number of ketones is 1. The van der Waals surface area contributed by atoms with E-state index in [4.69, 9.17) is 0 Å². The molecule has 0 spiro atoms. The minimum Gasteiger partial charge on any atom is -0.300 e. The van der Waals surface area contributed by atoms with Gasteiger partial charge in [-0.1, -0.05) is 18.2 Å². The molecule has 19 heavy (non-hydrogen) atoms. The molecular formula is C16H19NOS. The fourth-order valence-electron chi connectivity index (χ4n) is 3.04. The number of benzene rings is 1. The van der Waals surface area contributed by atoms with Crippen molar-refractivity contribution in [3.05, 3.63) is 35.2 Å². The zero-order valence-electron chi connectivity index (χ0n) is 11.3. The third-order valence-corrected chi connectivity index (χ3v) is 4.97. The average molecular weight is 273 g/mol. The normalized spacial score (nSPS) is 20.2. The van der Waals surface area contributed by atoms with E-state index in [-0.39, 0.29) is 0 Å². The number of carbonyl (C=O) groups is 1. The van der Waals surface area contributed by atoms with Crippen molar-refractivity contribution in [2.45, 2.75) is 38.8 Å². The highest BCUT2D eigenvalue weighted by Gasteiger charge is 2.25. The standard InChI is InChI=1S/C16H19NOS/c1-12(18)9-14-5-4-8-17(14)10-13-11-19-16-7-3-2-6-15(13)16/h2-3,6-7,11,14H,4-5,8-10H2,1H3. The summed E-state index contributed by atoms with van der Waals surface area (Å²) in [5, 5.41) is 3.65. The number of fused-ring (bicyclic) bond motifs is 1. The van der Waals surface area contributed by atoms with Crippen molar-refractivity contribution < 1.29 is 4.79 Å². The van der Waals surface area contributed by atoms with Crippen LogP contribution < -0.4 is 0 Å². The number of hydrogen-bond acceptors (Lipinski definition) is 3. The van der Waals surface area contributed by atoms with Gasteiger partial charge in [0.1, 0.15) is 5.78 Å². The van der Waals surface area contributed by atoms with Crippen LogP contribution in [0, 0.1) is 0 Å². The van der Waals surface area contributed by atoms with E-state index >= 15 is 0 Å². The molecule has 100 valence electrons. The lowest BCUT2D eigenvalue weighted by molar-refractivity contribution is -0.118. The predicted molar refractivity (Wildman–Crippen MR) is 80.6 cm³/mol. The smallest absolute Gasteiger partial charge is 0.131 e. The minimum atomic E-state index is 0.312. The number of Topliss-reactive ketones (excluding diaryl/α,β-unsaturated/α-hetero) is 1. The molecule has 2 aromatic rings. The van der Waals surface area contributed by atoms with Crippen LogP contribution in [0.25, 0.3) is 10.1 Å². The number of hydrogen-bond donors (Lipinski definition) is 0. The van der Waals surface area contributed by atoms with E-state index in [1.807, 2.05) is 11.3 Å². The SMILES string of the molecule is CC(=O)CC1CCCN1Cc1csc2ccccc12. The lowest BCUT2D eigenvalue weighted by Gasteiger charge is -2.23. The van der Waals surface area contributed by atoms with Crippen molar-refractivity contribution in [2.24, 2.45) is 0 Å². The Morgan fingerprint density at radius 1 is 1.42 bits per heavy atom. The maximum absolute atomic E-state index is 11.3. The zero-order chi connectivity index (χ0) is 13.2. The minimum absolute atomic E-state index is 0.312. The molecule has 1 atom stereocenters. The van der Waals surface area contributed by atoms with Gasteiger partial charge in [-0.05, 0) is 48.7 Å².